The Bertz CT molecular complexity index is 163. The number of carbonyl (C=O) groups is 1. The predicted molar refractivity (Wildman–Crippen MR) is 44.3 cm³/mol. The van der Waals surface area contributed by atoms with Gasteiger partial charge < -0.3 is 10.1 Å². The molecule has 1 N–H and O–H groups in total. The molecule has 0 bridgehead atoms. The van der Waals surface area contributed by atoms with Crippen LogP contribution in [0.2, 0.25) is 0 Å². The van der Waals surface area contributed by atoms with Crippen molar-refractivity contribution in [2.75, 3.05) is 14.2 Å². The summed E-state index contributed by atoms with van der Waals surface area (Å²) in [5, 5.41) is 2.99. The summed E-state index contributed by atoms with van der Waals surface area (Å²) in [4.78, 5) is 10.8. The fourth-order valence-electron chi connectivity index (χ4n) is 0.687. The Kier molecular flexibility index (Phi) is 4.54. The maximum atomic E-state index is 10.8. The molecule has 0 amide bonds. The van der Waals surface area contributed by atoms with Crippen molar-refractivity contribution < 1.29 is 9.53 Å². The Labute approximate surface area is 67.4 Å². The van der Waals surface area contributed by atoms with Crippen molar-refractivity contribution in [1.82, 2.24) is 5.32 Å². The Morgan fingerprint density at radius 3 is 2.55 bits per heavy atom. The molecule has 0 spiro atoms. The van der Waals surface area contributed by atoms with Crippen LogP contribution in [0.15, 0.2) is 11.6 Å². The number of methoxy groups -OCH3 is 1. The van der Waals surface area contributed by atoms with Crippen LogP contribution in [0.3, 0.4) is 0 Å². The van der Waals surface area contributed by atoms with Gasteiger partial charge in [-0.1, -0.05) is 6.08 Å². The minimum absolute atomic E-state index is 0.203. The fraction of sp³-hybridized carbons (Fsp3) is 0.625. The van der Waals surface area contributed by atoms with Gasteiger partial charge in [-0.3, -0.25) is 0 Å². The summed E-state index contributed by atoms with van der Waals surface area (Å²) in [7, 11) is 3.22. The molecule has 0 fully saturated rings. The van der Waals surface area contributed by atoms with Crippen LogP contribution < -0.4 is 5.32 Å². The molecule has 1 atom stereocenters. The van der Waals surface area contributed by atoms with Crippen LogP contribution in [0.25, 0.3) is 0 Å². The van der Waals surface area contributed by atoms with Crippen molar-refractivity contribution >= 4 is 5.97 Å². The smallest absolute Gasteiger partial charge is 0.333 e. The third-order valence-electron chi connectivity index (χ3n) is 1.46. The average molecular weight is 157 g/mol. The highest BCUT2D eigenvalue weighted by Crippen LogP contribution is 1.97. The maximum absolute atomic E-state index is 10.8. The normalized spacial score (nSPS) is 14.4. The highest BCUT2D eigenvalue weighted by atomic mass is 16.5. The molecule has 0 aliphatic carbocycles. The summed E-state index contributed by atoms with van der Waals surface area (Å²) in [5.74, 6) is -0.271. The van der Waals surface area contributed by atoms with E-state index in [1.54, 1.807) is 6.92 Å². The van der Waals surface area contributed by atoms with Crippen LogP contribution in [0.4, 0.5) is 0 Å². The lowest BCUT2D eigenvalue weighted by Gasteiger charge is -2.04. The molecule has 0 saturated carbocycles. The first-order chi connectivity index (χ1) is 5.11. The van der Waals surface area contributed by atoms with Crippen molar-refractivity contribution in [3.63, 3.8) is 0 Å². The number of rotatable bonds is 3. The first kappa shape index (κ1) is 10.2. The first-order valence-electron chi connectivity index (χ1n) is 3.55. The standard InChI is InChI=1S/C8H15NO2/c1-6(8(10)11-4)5-7(2)9-3/h5,7,9H,1-4H3/b6-5+. The third kappa shape index (κ3) is 3.78. The van der Waals surface area contributed by atoms with Gasteiger partial charge in [0.25, 0.3) is 0 Å². The number of ether oxygens (including phenoxy) is 1. The number of esters is 1. The third-order valence-corrected chi connectivity index (χ3v) is 1.46. The average Bonchev–Trinajstić information content (AvgIpc) is 2.02. The molecule has 3 heteroatoms. The van der Waals surface area contributed by atoms with E-state index in [0.29, 0.717) is 5.57 Å². The molecular formula is C8H15NO2. The lowest BCUT2D eigenvalue weighted by molar-refractivity contribution is -0.136. The van der Waals surface area contributed by atoms with Gasteiger partial charge in [0, 0.05) is 11.6 Å². The monoisotopic (exact) mass is 157 g/mol. The predicted octanol–water partition coefficient (Wildman–Crippen LogP) is 0.714. The lowest BCUT2D eigenvalue weighted by atomic mass is 10.2. The van der Waals surface area contributed by atoms with E-state index in [-0.39, 0.29) is 12.0 Å². The molecule has 0 aromatic heterocycles. The van der Waals surface area contributed by atoms with Crippen molar-refractivity contribution in [2.24, 2.45) is 0 Å². The molecule has 0 radical (unpaired) electrons. The number of carbonyl (C=O) groups excluding carboxylic acids is 1. The van der Waals surface area contributed by atoms with Gasteiger partial charge in [-0.15, -0.1) is 0 Å². The van der Waals surface area contributed by atoms with Crippen LogP contribution in [0.1, 0.15) is 13.8 Å². The first-order valence-corrected chi connectivity index (χ1v) is 3.55. The minimum Gasteiger partial charge on any atom is -0.466 e. The molecule has 1 unspecified atom stereocenters. The van der Waals surface area contributed by atoms with Gasteiger partial charge in [-0.25, -0.2) is 4.79 Å². The van der Waals surface area contributed by atoms with Gasteiger partial charge in [0.1, 0.15) is 0 Å². The van der Waals surface area contributed by atoms with Crippen molar-refractivity contribution in [1.29, 1.82) is 0 Å². The van der Waals surface area contributed by atoms with Crippen LogP contribution >= 0.6 is 0 Å². The minimum atomic E-state index is -0.271. The Morgan fingerprint density at radius 1 is 1.64 bits per heavy atom. The zero-order valence-electron chi connectivity index (χ0n) is 7.47. The molecule has 0 aliphatic rings. The second-order valence-corrected chi connectivity index (χ2v) is 2.42. The Morgan fingerprint density at radius 2 is 2.18 bits per heavy atom. The second-order valence-electron chi connectivity index (χ2n) is 2.42. The van der Waals surface area contributed by atoms with E-state index >= 15 is 0 Å². The Hall–Kier alpha value is -0.830. The number of hydrogen-bond donors (Lipinski definition) is 1. The summed E-state index contributed by atoms with van der Waals surface area (Å²) >= 11 is 0. The summed E-state index contributed by atoms with van der Waals surface area (Å²) in [5.41, 5.74) is 0.634. The quantitative estimate of drug-likeness (QED) is 0.484. The van der Waals surface area contributed by atoms with Gasteiger partial charge in [-0.2, -0.15) is 0 Å². The zero-order chi connectivity index (χ0) is 8.85. The summed E-state index contributed by atoms with van der Waals surface area (Å²) in [6, 6.07) is 0.203. The van der Waals surface area contributed by atoms with Crippen LogP contribution in [-0.4, -0.2) is 26.2 Å². The molecule has 0 aromatic rings. The molecule has 0 aromatic carbocycles. The van der Waals surface area contributed by atoms with E-state index in [2.05, 4.69) is 10.1 Å². The van der Waals surface area contributed by atoms with Gasteiger partial charge in [0.15, 0.2) is 0 Å². The molecule has 0 saturated heterocycles. The van der Waals surface area contributed by atoms with Gasteiger partial charge >= 0.3 is 5.97 Å². The topological polar surface area (TPSA) is 38.3 Å². The van der Waals surface area contributed by atoms with Crippen molar-refractivity contribution in [2.45, 2.75) is 19.9 Å². The van der Waals surface area contributed by atoms with Gasteiger partial charge in [-0.05, 0) is 20.9 Å². The molecule has 64 valence electrons. The largest absolute Gasteiger partial charge is 0.466 e. The zero-order valence-corrected chi connectivity index (χ0v) is 7.47. The Balaban J connectivity index is 4.09. The van der Waals surface area contributed by atoms with E-state index < -0.39 is 0 Å². The highest BCUT2D eigenvalue weighted by Gasteiger charge is 2.03. The van der Waals surface area contributed by atoms with Crippen LogP contribution in [-0.2, 0) is 9.53 Å². The fourth-order valence-corrected chi connectivity index (χ4v) is 0.687. The van der Waals surface area contributed by atoms with Gasteiger partial charge in [0.2, 0.25) is 0 Å². The summed E-state index contributed by atoms with van der Waals surface area (Å²) in [6.07, 6.45) is 1.83. The molecule has 0 heterocycles. The van der Waals surface area contributed by atoms with Gasteiger partial charge in [0.05, 0.1) is 7.11 Å². The van der Waals surface area contributed by atoms with E-state index in [1.807, 2.05) is 20.0 Å². The number of likely N-dealkylation sites (N-methyl/N-ethyl adjacent to an activating group) is 1. The molecule has 11 heavy (non-hydrogen) atoms. The molecule has 0 aliphatic heterocycles. The van der Waals surface area contributed by atoms with E-state index in [0.717, 1.165) is 0 Å². The second kappa shape index (κ2) is 4.91. The van der Waals surface area contributed by atoms with Crippen molar-refractivity contribution in [3.05, 3.63) is 11.6 Å². The van der Waals surface area contributed by atoms with E-state index in [4.69, 9.17) is 0 Å². The summed E-state index contributed by atoms with van der Waals surface area (Å²) in [6.45, 7) is 3.70. The van der Waals surface area contributed by atoms with Crippen LogP contribution in [0, 0.1) is 0 Å². The molecular weight excluding hydrogens is 142 g/mol. The lowest BCUT2D eigenvalue weighted by Crippen LogP contribution is -2.19. The highest BCUT2D eigenvalue weighted by molar-refractivity contribution is 5.87. The SMILES string of the molecule is CNC(C)/C=C(\C)C(=O)OC. The number of hydrogen-bond acceptors (Lipinski definition) is 3. The van der Waals surface area contributed by atoms with Crippen LogP contribution in [0.5, 0.6) is 0 Å². The van der Waals surface area contributed by atoms with E-state index in [9.17, 15) is 4.79 Å². The number of nitrogens with one attached hydrogen (secondary N) is 1. The summed E-state index contributed by atoms with van der Waals surface area (Å²) < 4.78 is 4.52. The maximum Gasteiger partial charge on any atom is 0.333 e. The van der Waals surface area contributed by atoms with Crippen molar-refractivity contribution in [3.8, 4) is 0 Å². The van der Waals surface area contributed by atoms with E-state index in [1.165, 1.54) is 7.11 Å². The molecule has 3 nitrogen and oxygen atoms in total. The molecule has 0 rings (SSSR count).